The lowest BCUT2D eigenvalue weighted by atomic mass is 9.94. The van der Waals surface area contributed by atoms with Crippen LogP contribution in [0.1, 0.15) is 42.1 Å². The van der Waals surface area contributed by atoms with Gasteiger partial charge in [-0.25, -0.2) is 4.98 Å². The Labute approximate surface area is 144 Å². The molecule has 0 spiro atoms. The Morgan fingerprint density at radius 2 is 2.09 bits per heavy atom. The molecule has 0 aliphatic carbocycles. The second kappa shape index (κ2) is 7.15. The molecule has 1 amide bonds. The number of nitrogens with zero attached hydrogens (tertiary/aromatic N) is 1. The number of rotatable bonds is 6. The molecule has 0 saturated carbocycles. The highest BCUT2D eigenvalue weighted by Crippen LogP contribution is 2.28. The summed E-state index contributed by atoms with van der Waals surface area (Å²) in [6.07, 6.45) is 2.82. The lowest BCUT2D eigenvalue weighted by Gasteiger charge is -2.27. The van der Waals surface area contributed by atoms with Crippen LogP contribution in [0, 0.1) is 0 Å². The molecule has 5 nitrogen and oxygen atoms in total. The van der Waals surface area contributed by atoms with Crippen LogP contribution in [-0.2, 0) is 16.8 Å². The Morgan fingerprint density at radius 1 is 1.35 bits per heavy atom. The molecule has 0 atom stereocenters. The molecule has 1 aromatic carbocycles. The molecule has 0 aliphatic heterocycles. The van der Waals surface area contributed by atoms with Gasteiger partial charge in [0.15, 0.2) is 6.29 Å². The average molecular weight is 354 g/mol. The van der Waals surface area contributed by atoms with Crippen molar-refractivity contribution in [2.75, 3.05) is 0 Å². The predicted octanol–water partition coefficient (Wildman–Crippen LogP) is 3.51. The number of carbonyl (C=O) groups is 2. The van der Waals surface area contributed by atoms with Crippen LogP contribution in [0.5, 0.6) is 0 Å². The maximum absolute atomic E-state index is 12.2. The van der Waals surface area contributed by atoms with Gasteiger partial charge < -0.3 is 10.3 Å². The number of aromatic amines is 1. The van der Waals surface area contributed by atoms with Crippen LogP contribution in [0.2, 0.25) is 10.0 Å². The summed E-state index contributed by atoms with van der Waals surface area (Å²) in [5, 5.41) is 3.88. The third kappa shape index (κ3) is 4.56. The Morgan fingerprint density at radius 3 is 2.70 bits per heavy atom. The Balaban J connectivity index is 1.97. The van der Waals surface area contributed by atoms with Crippen LogP contribution in [0.25, 0.3) is 0 Å². The van der Waals surface area contributed by atoms with E-state index in [0.29, 0.717) is 34.3 Å². The summed E-state index contributed by atoms with van der Waals surface area (Å²) < 4.78 is 0. The smallest absolute Gasteiger partial charge is 0.221 e. The fourth-order valence-electron chi connectivity index (χ4n) is 2.17. The summed E-state index contributed by atoms with van der Waals surface area (Å²) in [6.45, 7) is 3.78. The number of aromatic nitrogens is 2. The molecule has 0 unspecified atom stereocenters. The van der Waals surface area contributed by atoms with Gasteiger partial charge in [-0.3, -0.25) is 9.59 Å². The number of aldehydes is 1. The molecular weight excluding hydrogens is 337 g/mol. The van der Waals surface area contributed by atoms with Crippen LogP contribution in [0.4, 0.5) is 0 Å². The lowest BCUT2D eigenvalue weighted by Crippen LogP contribution is -2.41. The van der Waals surface area contributed by atoms with Crippen LogP contribution >= 0.6 is 23.2 Å². The summed E-state index contributed by atoms with van der Waals surface area (Å²) in [6, 6.07) is 5.28. The minimum Gasteiger partial charge on any atom is -0.347 e. The highest BCUT2D eigenvalue weighted by Gasteiger charge is 2.23. The number of hydrogen-bond donors (Lipinski definition) is 2. The molecule has 0 saturated heterocycles. The average Bonchev–Trinajstić information content (AvgIpc) is 2.95. The molecule has 1 aromatic heterocycles. The molecule has 0 bridgehead atoms. The van der Waals surface area contributed by atoms with Gasteiger partial charge in [0.2, 0.25) is 5.91 Å². The second-order valence-corrected chi connectivity index (χ2v) is 6.52. The number of carbonyl (C=O) groups excluding carboxylic acids is 2. The van der Waals surface area contributed by atoms with Gasteiger partial charge in [-0.05, 0) is 31.5 Å². The summed E-state index contributed by atoms with van der Waals surface area (Å²) in [4.78, 5) is 29.6. The van der Waals surface area contributed by atoms with Crippen molar-refractivity contribution in [3.05, 3.63) is 51.5 Å². The van der Waals surface area contributed by atoms with Gasteiger partial charge in [0.25, 0.3) is 0 Å². The number of imidazole rings is 1. The van der Waals surface area contributed by atoms with E-state index in [1.165, 1.54) is 6.20 Å². The van der Waals surface area contributed by atoms with Crippen molar-refractivity contribution in [2.45, 2.75) is 32.2 Å². The van der Waals surface area contributed by atoms with Gasteiger partial charge in [0, 0.05) is 12.8 Å². The fourth-order valence-corrected chi connectivity index (χ4v) is 2.46. The number of aryl methyl sites for hydroxylation is 1. The Bertz CT molecular complexity index is 726. The molecule has 1 heterocycles. The van der Waals surface area contributed by atoms with Gasteiger partial charge in [-0.1, -0.05) is 29.3 Å². The second-order valence-electron chi connectivity index (χ2n) is 5.71. The summed E-state index contributed by atoms with van der Waals surface area (Å²) in [5.74, 6) is 0.486. The van der Waals surface area contributed by atoms with Crippen LogP contribution in [-0.4, -0.2) is 22.2 Å². The molecule has 2 N–H and O–H groups in total. The minimum atomic E-state index is -0.581. The van der Waals surface area contributed by atoms with Gasteiger partial charge in [0.05, 0.1) is 27.5 Å². The zero-order valence-corrected chi connectivity index (χ0v) is 14.3. The molecule has 2 aromatic rings. The molecule has 2 rings (SSSR count). The lowest BCUT2D eigenvalue weighted by molar-refractivity contribution is -0.122. The molecule has 0 aliphatic rings. The molecule has 23 heavy (non-hydrogen) atoms. The largest absolute Gasteiger partial charge is 0.347 e. The molecule has 0 radical (unpaired) electrons. The molecular formula is C16H17Cl2N3O2. The first-order valence-corrected chi connectivity index (χ1v) is 7.83. The van der Waals surface area contributed by atoms with Crippen molar-refractivity contribution in [3.63, 3.8) is 0 Å². The van der Waals surface area contributed by atoms with E-state index in [1.807, 2.05) is 19.9 Å². The summed E-state index contributed by atoms with van der Waals surface area (Å²) in [5.41, 5.74) is 0.681. The number of benzene rings is 1. The van der Waals surface area contributed by atoms with E-state index in [-0.39, 0.29) is 12.3 Å². The third-order valence-corrected chi connectivity index (χ3v) is 4.20. The Kier molecular flexibility index (Phi) is 5.44. The first-order chi connectivity index (χ1) is 10.8. The van der Waals surface area contributed by atoms with Crippen molar-refractivity contribution >= 4 is 35.4 Å². The Hall–Kier alpha value is -1.85. The quantitative estimate of drug-likeness (QED) is 0.780. The highest BCUT2D eigenvalue weighted by molar-refractivity contribution is 6.42. The van der Waals surface area contributed by atoms with Crippen LogP contribution in [0.3, 0.4) is 0 Å². The van der Waals surface area contributed by atoms with Crippen molar-refractivity contribution in [1.82, 2.24) is 15.3 Å². The number of hydrogen-bond acceptors (Lipinski definition) is 3. The van der Waals surface area contributed by atoms with Gasteiger partial charge in [-0.15, -0.1) is 0 Å². The van der Waals surface area contributed by atoms with Crippen molar-refractivity contribution in [2.24, 2.45) is 0 Å². The third-order valence-electron chi connectivity index (χ3n) is 3.46. The van der Waals surface area contributed by atoms with E-state index >= 15 is 0 Å². The van der Waals surface area contributed by atoms with Gasteiger partial charge >= 0.3 is 0 Å². The number of H-pyrrole nitrogens is 1. The summed E-state index contributed by atoms with van der Waals surface area (Å²) >= 11 is 11.9. The normalized spacial score (nSPS) is 11.3. The highest BCUT2D eigenvalue weighted by atomic mass is 35.5. The van der Waals surface area contributed by atoms with E-state index in [0.717, 1.165) is 5.56 Å². The van der Waals surface area contributed by atoms with Crippen molar-refractivity contribution in [1.29, 1.82) is 0 Å². The number of nitrogens with one attached hydrogen (secondary N) is 2. The minimum absolute atomic E-state index is 0.120. The zero-order chi connectivity index (χ0) is 17.0. The topological polar surface area (TPSA) is 74.8 Å². The monoisotopic (exact) mass is 353 g/mol. The summed E-state index contributed by atoms with van der Waals surface area (Å²) in [7, 11) is 0. The van der Waals surface area contributed by atoms with E-state index < -0.39 is 5.54 Å². The number of halogens is 2. The molecule has 122 valence electrons. The first-order valence-electron chi connectivity index (χ1n) is 7.07. The van der Waals surface area contributed by atoms with E-state index in [1.54, 1.807) is 12.1 Å². The zero-order valence-electron chi connectivity index (χ0n) is 12.8. The van der Waals surface area contributed by atoms with Crippen LogP contribution < -0.4 is 5.32 Å². The van der Waals surface area contributed by atoms with Crippen molar-refractivity contribution < 1.29 is 9.59 Å². The SMILES string of the molecule is CC(C)(NC(=O)CCc1ncc(C=O)[nH]1)c1ccc(Cl)c(Cl)c1. The van der Waals surface area contributed by atoms with E-state index in [2.05, 4.69) is 15.3 Å². The van der Waals surface area contributed by atoms with Gasteiger partial charge in [-0.2, -0.15) is 0 Å². The maximum Gasteiger partial charge on any atom is 0.221 e. The van der Waals surface area contributed by atoms with Crippen LogP contribution in [0.15, 0.2) is 24.4 Å². The van der Waals surface area contributed by atoms with Gasteiger partial charge in [0.1, 0.15) is 5.82 Å². The fraction of sp³-hybridized carbons (Fsp3) is 0.312. The molecule has 0 fully saturated rings. The standard InChI is InChI=1S/C16H17Cl2N3O2/c1-16(2,10-3-4-12(17)13(18)7-10)21-15(23)6-5-14-19-8-11(9-22)20-14/h3-4,7-9H,5-6H2,1-2H3,(H,19,20)(H,21,23). The van der Waals surface area contributed by atoms with E-state index in [4.69, 9.17) is 23.2 Å². The van der Waals surface area contributed by atoms with Crippen molar-refractivity contribution in [3.8, 4) is 0 Å². The maximum atomic E-state index is 12.2. The predicted molar refractivity (Wildman–Crippen MR) is 89.9 cm³/mol. The van der Waals surface area contributed by atoms with E-state index in [9.17, 15) is 9.59 Å². The first kappa shape index (κ1) is 17.5. The number of amides is 1. The molecule has 7 heteroatoms.